The van der Waals surface area contributed by atoms with Crippen LogP contribution in [0.3, 0.4) is 0 Å². The van der Waals surface area contributed by atoms with Crippen molar-refractivity contribution in [2.75, 3.05) is 20.4 Å². The van der Waals surface area contributed by atoms with Crippen molar-refractivity contribution in [2.45, 2.75) is 25.4 Å². The Balaban J connectivity index is 1.56. The summed E-state index contributed by atoms with van der Waals surface area (Å²) in [6.07, 6.45) is 1.91. The summed E-state index contributed by atoms with van der Waals surface area (Å²) in [5.74, 6) is 2.47. The van der Waals surface area contributed by atoms with E-state index in [9.17, 15) is 5.11 Å². The number of methoxy groups -OCH3 is 1. The number of ether oxygens (including phenoxy) is 3. The van der Waals surface area contributed by atoms with Gasteiger partial charge in [-0.05, 0) is 59.4 Å². The third-order valence-electron chi connectivity index (χ3n) is 5.39. The van der Waals surface area contributed by atoms with Crippen molar-refractivity contribution in [1.29, 1.82) is 0 Å². The fourth-order valence-electron chi connectivity index (χ4n) is 4.15. The summed E-state index contributed by atoms with van der Waals surface area (Å²) in [6, 6.07) is 8.42. The zero-order chi connectivity index (χ0) is 16.3. The van der Waals surface area contributed by atoms with Crippen LogP contribution in [0.25, 0.3) is 0 Å². The number of phenols is 1. The minimum Gasteiger partial charge on any atom is -0.504 e. The van der Waals surface area contributed by atoms with Crippen molar-refractivity contribution >= 4 is 0 Å². The van der Waals surface area contributed by atoms with Crippen molar-refractivity contribution in [3.8, 4) is 23.0 Å². The Kier molecular flexibility index (Phi) is 2.94. The zero-order valence-electron chi connectivity index (χ0n) is 13.5. The summed E-state index contributed by atoms with van der Waals surface area (Å²) >= 11 is 0. The van der Waals surface area contributed by atoms with E-state index in [1.165, 1.54) is 22.3 Å². The van der Waals surface area contributed by atoms with Crippen molar-refractivity contribution in [2.24, 2.45) is 0 Å². The largest absolute Gasteiger partial charge is 0.504 e. The molecule has 24 heavy (non-hydrogen) atoms. The molecule has 5 rings (SSSR count). The number of hydrogen-bond donors (Lipinski definition) is 1. The molecule has 5 nitrogen and oxygen atoms in total. The predicted octanol–water partition coefficient (Wildman–Crippen LogP) is 2.79. The van der Waals surface area contributed by atoms with Crippen LogP contribution in [-0.2, 0) is 19.4 Å². The molecule has 1 N–H and O–H groups in total. The molecule has 0 aromatic heterocycles. The Morgan fingerprint density at radius 3 is 2.75 bits per heavy atom. The van der Waals surface area contributed by atoms with E-state index in [-0.39, 0.29) is 5.75 Å². The highest BCUT2D eigenvalue weighted by Gasteiger charge is 2.34. The molecule has 5 heteroatoms. The van der Waals surface area contributed by atoms with Gasteiger partial charge >= 0.3 is 0 Å². The van der Waals surface area contributed by atoms with Gasteiger partial charge in [-0.25, -0.2) is 0 Å². The molecule has 0 aliphatic carbocycles. The maximum atomic E-state index is 10.1. The van der Waals surface area contributed by atoms with Crippen LogP contribution in [0, 0.1) is 0 Å². The summed E-state index contributed by atoms with van der Waals surface area (Å²) in [7, 11) is 1.59. The fourth-order valence-corrected chi connectivity index (χ4v) is 4.15. The third kappa shape index (κ3) is 1.97. The van der Waals surface area contributed by atoms with Crippen LogP contribution >= 0.6 is 0 Å². The molecule has 0 amide bonds. The second kappa shape index (κ2) is 5.05. The van der Waals surface area contributed by atoms with E-state index >= 15 is 0 Å². The Morgan fingerprint density at radius 1 is 1.08 bits per heavy atom. The van der Waals surface area contributed by atoms with Gasteiger partial charge in [0.15, 0.2) is 23.0 Å². The summed E-state index contributed by atoms with van der Waals surface area (Å²) in [5.41, 5.74) is 5.11. The molecule has 0 spiro atoms. The molecule has 1 unspecified atom stereocenters. The summed E-state index contributed by atoms with van der Waals surface area (Å²) in [6.45, 7) is 2.22. The Morgan fingerprint density at radius 2 is 1.92 bits per heavy atom. The minimum atomic E-state index is 0.214. The SMILES string of the molecule is COc1cc2c(cc1O)CC1c3cc4c(cc3CCN1C2)OCO4. The third-order valence-corrected chi connectivity index (χ3v) is 5.39. The van der Waals surface area contributed by atoms with E-state index in [1.54, 1.807) is 7.11 Å². The molecule has 0 fully saturated rings. The van der Waals surface area contributed by atoms with Gasteiger partial charge in [-0.15, -0.1) is 0 Å². The first-order valence-corrected chi connectivity index (χ1v) is 8.28. The minimum absolute atomic E-state index is 0.214. The van der Waals surface area contributed by atoms with Crippen LogP contribution in [0.15, 0.2) is 24.3 Å². The molecular weight excluding hydrogens is 306 g/mol. The van der Waals surface area contributed by atoms with Crippen LogP contribution in [0.2, 0.25) is 0 Å². The van der Waals surface area contributed by atoms with Crippen LogP contribution < -0.4 is 14.2 Å². The van der Waals surface area contributed by atoms with Crippen LogP contribution in [0.5, 0.6) is 23.0 Å². The lowest BCUT2D eigenvalue weighted by Gasteiger charge is -2.41. The van der Waals surface area contributed by atoms with E-state index in [0.29, 0.717) is 18.6 Å². The topological polar surface area (TPSA) is 51.2 Å². The monoisotopic (exact) mass is 325 g/mol. The van der Waals surface area contributed by atoms with Gasteiger partial charge in [0.2, 0.25) is 6.79 Å². The predicted molar refractivity (Wildman–Crippen MR) is 87.8 cm³/mol. The van der Waals surface area contributed by atoms with E-state index < -0.39 is 0 Å². The average Bonchev–Trinajstić information content (AvgIpc) is 3.05. The maximum Gasteiger partial charge on any atom is 0.231 e. The number of phenolic OH excluding ortho intramolecular Hbond substituents is 1. The first kappa shape index (κ1) is 14.0. The quantitative estimate of drug-likeness (QED) is 0.874. The summed E-state index contributed by atoms with van der Waals surface area (Å²) in [5, 5.41) is 10.1. The van der Waals surface area contributed by atoms with Gasteiger partial charge in [0.1, 0.15) is 0 Å². The second-order valence-electron chi connectivity index (χ2n) is 6.64. The lowest BCUT2D eigenvalue weighted by molar-refractivity contribution is 0.160. The van der Waals surface area contributed by atoms with Crippen molar-refractivity contribution in [3.05, 3.63) is 46.5 Å². The molecule has 0 saturated carbocycles. The Bertz CT molecular complexity index is 833. The molecule has 2 aromatic carbocycles. The number of rotatable bonds is 1. The standard InChI is InChI=1S/C19H19NO4/c1-22-17-7-13-9-20-3-2-11-6-18-19(24-10-23-18)8-14(11)15(20)4-12(13)5-16(17)21/h5-8,15,21H,2-4,9-10H2,1H3. The van der Waals surface area contributed by atoms with Gasteiger partial charge in [0.25, 0.3) is 0 Å². The lowest BCUT2D eigenvalue weighted by Crippen LogP contribution is -2.39. The Labute approximate surface area is 140 Å². The van der Waals surface area contributed by atoms with Crippen molar-refractivity contribution in [1.82, 2.24) is 4.90 Å². The lowest BCUT2D eigenvalue weighted by atomic mass is 9.83. The fraction of sp³-hybridized carbons (Fsp3) is 0.368. The van der Waals surface area contributed by atoms with Gasteiger partial charge < -0.3 is 19.3 Å². The van der Waals surface area contributed by atoms with Gasteiger partial charge in [-0.1, -0.05) is 0 Å². The van der Waals surface area contributed by atoms with Crippen LogP contribution in [0.1, 0.15) is 28.3 Å². The smallest absolute Gasteiger partial charge is 0.231 e. The van der Waals surface area contributed by atoms with Gasteiger partial charge in [0, 0.05) is 19.1 Å². The molecule has 0 bridgehead atoms. The molecule has 3 aliphatic heterocycles. The van der Waals surface area contributed by atoms with E-state index in [0.717, 1.165) is 37.4 Å². The second-order valence-corrected chi connectivity index (χ2v) is 6.64. The van der Waals surface area contributed by atoms with E-state index in [1.807, 2.05) is 12.1 Å². The molecule has 3 aliphatic rings. The van der Waals surface area contributed by atoms with Gasteiger partial charge in [0.05, 0.1) is 7.11 Å². The average molecular weight is 325 g/mol. The summed E-state index contributed by atoms with van der Waals surface area (Å²) < 4.78 is 16.3. The molecule has 0 radical (unpaired) electrons. The van der Waals surface area contributed by atoms with Gasteiger partial charge in [-0.3, -0.25) is 4.90 Å². The number of aromatic hydroxyl groups is 1. The highest BCUT2D eigenvalue weighted by atomic mass is 16.7. The van der Waals surface area contributed by atoms with E-state index in [2.05, 4.69) is 17.0 Å². The highest BCUT2D eigenvalue weighted by Crippen LogP contribution is 2.45. The first-order chi connectivity index (χ1) is 11.7. The number of hydrogen-bond acceptors (Lipinski definition) is 5. The normalized spacial score (nSPS) is 21.0. The Hall–Kier alpha value is -2.40. The molecule has 2 aromatic rings. The molecule has 1 atom stereocenters. The molecule has 0 saturated heterocycles. The molecular formula is C19H19NO4. The number of fused-ring (bicyclic) bond motifs is 5. The number of nitrogens with zero attached hydrogens (tertiary/aromatic N) is 1. The molecule has 124 valence electrons. The van der Waals surface area contributed by atoms with Gasteiger partial charge in [-0.2, -0.15) is 0 Å². The molecule has 3 heterocycles. The zero-order valence-corrected chi connectivity index (χ0v) is 13.5. The van der Waals surface area contributed by atoms with Crippen LogP contribution in [0.4, 0.5) is 0 Å². The van der Waals surface area contributed by atoms with Crippen molar-refractivity contribution < 1.29 is 19.3 Å². The summed E-state index contributed by atoms with van der Waals surface area (Å²) in [4.78, 5) is 2.50. The number of benzene rings is 2. The van der Waals surface area contributed by atoms with Crippen LogP contribution in [-0.4, -0.2) is 30.5 Å². The van der Waals surface area contributed by atoms with Crippen molar-refractivity contribution in [3.63, 3.8) is 0 Å². The van der Waals surface area contributed by atoms with E-state index in [4.69, 9.17) is 14.2 Å². The maximum absolute atomic E-state index is 10.1. The first-order valence-electron chi connectivity index (χ1n) is 8.28. The highest BCUT2D eigenvalue weighted by molar-refractivity contribution is 5.53.